The fourth-order valence-electron chi connectivity index (χ4n) is 1.68. The largest absolute Gasteiger partial charge is 0.489 e. The van der Waals surface area contributed by atoms with Crippen LogP contribution in [-0.4, -0.2) is 14.7 Å². The third-order valence-corrected chi connectivity index (χ3v) is 4.63. The molecule has 2 aromatic rings. The van der Waals surface area contributed by atoms with Crippen LogP contribution in [0.2, 0.25) is 0 Å². The lowest BCUT2D eigenvalue weighted by atomic mass is 10.2. The van der Waals surface area contributed by atoms with Gasteiger partial charge in [0.15, 0.2) is 9.84 Å². The molecule has 0 saturated carbocycles. The summed E-state index contributed by atoms with van der Waals surface area (Å²) in [7, 11) is -3.24. The molecule has 0 fully saturated rings. The van der Waals surface area contributed by atoms with Gasteiger partial charge < -0.3 is 10.5 Å². The third kappa shape index (κ3) is 3.52. The first-order chi connectivity index (χ1) is 9.38. The first kappa shape index (κ1) is 14.9. The number of sulfone groups is 1. The second-order valence-electron chi connectivity index (χ2n) is 4.34. The molecule has 6 heteroatoms. The number of nitrogen functional groups attached to an aromatic ring is 1. The Labute approximate surface area is 126 Å². The standard InChI is InChI=1S/C14H14BrNO3S/c1-20(17,18)11-5-2-4-10(8-11)19-9-12-13(15)6-3-7-14(12)16/h2-8H,9,16H2,1H3. The van der Waals surface area contributed by atoms with Gasteiger partial charge in [0, 0.05) is 22.0 Å². The Morgan fingerprint density at radius 1 is 1.20 bits per heavy atom. The van der Waals surface area contributed by atoms with Crippen molar-refractivity contribution in [3.05, 3.63) is 52.5 Å². The molecule has 0 atom stereocenters. The normalized spacial score (nSPS) is 11.3. The Hall–Kier alpha value is -1.53. The van der Waals surface area contributed by atoms with E-state index in [1.165, 1.54) is 12.1 Å². The zero-order valence-corrected chi connectivity index (χ0v) is 13.2. The van der Waals surface area contributed by atoms with E-state index in [0.29, 0.717) is 11.4 Å². The van der Waals surface area contributed by atoms with Crippen molar-refractivity contribution in [1.82, 2.24) is 0 Å². The van der Waals surface area contributed by atoms with Crippen LogP contribution in [0.15, 0.2) is 51.8 Å². The molecule has 0 aliphatic carbocycles. The zero-order chi connectivity index (χ0) is 14.8. The third-order valence-electron chi connectivity index (χ3n) is 2.77. The maximum absolute atomic E-state index is 11.5. The van der Waals surface area contributed by atoms with Crippen molar-refractivity contribution in [3.63, 3.8) is 0 Å². The molecule has 4 nitrogen and oxygen atoms in total. The van der Waals surface area contributed by atoms with Gasteiger partial charge in [0.05, 0.1) is 4.90 Å². The Morgan fingerprint density at radius 2 is 1.90 bits per heavy atom. The van der Waals surface area contributed by atoms with Gasteiger partial charge in [-0.2, -0.15) is 0 Å². The van der Waals surface area contributed by atoms with E-state index < -0.39 is 9.84 Å². The van der Waals surface area contributed by atoms with Gasteiger partial charge in [-0.15, -0.1) is 0 Å². The molecule has 0 radical (unpaired) electrons. The second kappa shape index (κ2) is 5.85. The zero-order valence-electron chi connectivity index (χ0n) is 10.8. The molecule has 2 aromatic carbocycles. The number of hydrogen-bond acceptors (Lipinski definition) is 4. The van der Waals surface area contributed by atoms with E-state index in [4.69, 9.17) is 10.5 Å². The summed E-state index contributed by atoms with van der Waals surface area (Å²) in [5, 5.41) is 0. The van der Waals surface area contributed by atoms with E-state index >= 15 is 0 Å². The van der Waals surface area contributed by atoms with E-state index in [0.717, 1.165) is 16.3 Å². The molecule has 0 amide bonds. The Kier molecular flexibility index (Phi) is 4.35. The van der Waals surface area contributed by atoms with Gasteiger partial charge in [-0.25, -0.2) is 8.42 Å². The summed E-state index contributed by atoms with van der Waals surface area (Å²) in [4.78, 5) is 0.232. The van der Waals surface area contributed by atoms with Crippen molar-refractivity contribution < 1.29 is 13.2 Å². The molecule has 0 bridgehead atoms. The summed E-state index contributed by atoms with van der Waals surface area (Å²) in [5.41, 5.74) is 7.33. The molecule has 20 heavy (non-hydrogen) atoms. The molecule has 0 aromatic heterocycles. The number of nitrogens with two attached hydrogens (primary N) is 1. The Morgan fingerprint density at radius 3 is 2.55 bits per heavy atom. The van der Waals surface area contributed by atoms with E-state index in [-0.39, 0.29) is 11.5 Å². The minimum atomic E-state index is -3.24. The Balaban J connectivity index is 2.20. The summed E-state index contributed by atoms with van der Waals surface area (Å²) in [5.74, 6) is 0.489. The van der Waals surface area contributed by atoms with Gasteiger partial charge in [-0.3, -0.25) is 0 Å². The topological polar surface area (TPSA) is 69.4 Å². The SMILES string of the molecule is CS(=O)(=O)c1cccc(OCc2c(N)cccc2Br)c1. The van der Waals surface area contributed by atoms with Gasteiger partial charge >= 0.3 is 0 Å². The number of anilines is 1. The summed E-state index contributed by atoms with van der Waals surface area (Å²) >= 11 is 3.41. The number of rotatable bonds is 4. The highest BCUT2D eigenvalue weighted by molar-refractivity contribution is 9.10. The summed E-state index contributed by atoms with van der Waals surface area (Å²) in [6.45, 7) is 0.264. The van der Waals surface area contributed by atoms with E-state index in [2.05, 4.69) is 15.9 Å². The van der Waals surface area contributed by atoms with Gasteiger partial charge in [-0.05, 0) is 30.3 Å². The predicted molar refractivity (Wildman–Crippen MR) is 82.4 cm³/mol. The predicted octanol–water partition coefficient (Wildman–Crippen LogP) is 3.01. The number of halogens is 1. The lowest BCUT2D eigenvalue weighted by molar-refractivity contribution is 0.305. The molecule has 0 spiro atoms. The lowest BCUT2D eigenvalue weighted by Gasteiger charge is -2.11. The first-order valence-electron chi connectivity index (χ1n) is 5.84. The van der Waals surface area contributed by atoms with Crippen molar-refractivity contribution in [1.29, 1.82) is 0 Å². The highest BCUT2D eigenvalue weighted by Crippen LogP contribution is 2.25. The number of benzene rings is 2. The second-order valence-corrected chi connectivity index (χ2v) is 7.21. The minimum Gasteiger partial charge on any atom is -0.489 e. The molecule has 106 valence electrons. The van der Waals surface area contributed by atoms with Crippen molar-refractivity contribution in [2.45, 2.75) is 11.5 Å². The molecule has 0 unspecified atom stereocenters. The molecule has 2 rings (SSSR count). The van der Waals surface area contributed by atoms with Crippen LogP contribution in [0.4, 0.5) is 5.69 Å². The monoisotopic (exact) mass is 355 g/mol. The van der Waals surface area contributed by atoms with Crippen LogP contribution in [0.1, 0.15) is 5.56 Å². The summed E-state index contributed by atoms with van der Waals surface area (Å²) in [6.07, 6.45) is 1.16. The van der Waals surface area contributed by atoms with Crippen molar-refractivity contribution in [2.75, 3.05) is 12.0 Å². The minimum absolute atomic E-state index is 0.232. The highest BCUT2D eigenvalue weighted by Gasteiger charge is 2.09. The Bertz CT molecular complexity index is 709. The smallest absolute Gasteiger partial charge is 0.175 e. The molecule has 0 heterocycles. The first-order valence-corrected chi connectivity index (χ1v) is 8.52. The maximum atomic E-state index is 11.5. The van der Waals surface area contributed by atoms with Gasteiger partial charge in [0.1, 0.15) is 12.4 Å². The lowest BCUT2D eigenvalue weighted by Crippen LogP contribution is -2.02. The van der Waals surface area contributed by atoms with Crippen LogP contribution < -0.4 is 10.5 Å². The maximum Gasteiger partial charge on any atom is 0.175 e. The van der Waals surface area contributed by atoms with Gasteiger partial charge in [0.2, 0.25) is 0 Å². The van der Waals surface area contributed by atoms with Gasteiger partial charge in [0.25, 0.3) is 0 Å². The molecular formula is C14H14BrNO3S. The summed E-state index contributed by atoms with van der Waals surface area (Å²) < 4.78 is 29.4. The van der Waals surface area contributed by atoms with Crippen LogP contribution in [0.5, 0.6) is 5.75 Å². The van der Waals surface area contributed by atoms with Crippen LogP contribution in [0.25, 0.3) is 0 Å². The fraction of sp³-hybridized carbons (Fsp3) is 0.143. The molecule has 0 aliphatic heterocycles. The molecular weight excluding hydrogens is 342 g/mol. The van der Waals surface area contributed by atoms with Crippen molar-refractivity contribution in [2.24, 2.45) is 0 Å². The van der Waals surface area contributed by atoms with Crippen LogP contribution >= 0.6 is 15.9 Å². The van der Waals surface area contributed by atoms with Crippen LogP contribution in [0.3, 0.4) is 0 Å². The van der Waals surface area contributed by atoms with E-state index in [1.807, 2.05) is 12.1 Å². The molecule has 0 aliphatic rings. The van der Waals surface area contributed by atoms with Crippen molar-refractivity contribution >= 4 is 31.5 Å². The average molecular weight is 356 g/mol. The average Bonchev–Trinajstić information content (AvgIpc) is 2.37. The van der Waals surface area contributed by atoms with E-state index in [9.17, 15) is 8.42 Å². The van der Waals surface area contributed by atoms with Crippen molar-refractivity contribution in [3.8, 4) is 5.75 Å². The molecule has 0 saturated heterocycles. The van der Waals surface area contributed by atoms with Crippen LogP contribution in [-0.2, 0) is 16.4 Å². The summed E-state index contributed by atoms with van der Waals surface area (Å²) in [6, 6.07) is 11.9. The number of hydrogen-bond donors (Lipinski definition) is 1. The molecule has 2 N–H and O–H groups in total. The fourth-order valence-corrected chi connectivity index (χ4v) is 2.83. The number of ether oxygens (including phenoxy) is 1. The van der Waals surface area contributed by atoms with Gasteiger partial charge in [-0.1, -0.05) is 28.1 Å². The van der Waals surface area contributed by atoms with Crippen LogP contribution in [0, 0.1) is 0 Å². The van der Waals surface area contributed by atoms with E-state index in [1.54, 1.807) is 18.2 Å². The highest BCUT2D eigenvalue weighted by atomic mass is 79.9. The quantitative estimate of drug-likeness (QED) is 0.855.